The van der Waals surface area contributed by atoms with E-state index in [1.54, 1.807) is 30.3 Å². The highest BCUT2D eigenvalue weighted by atomic mass is 32.2. The van der Waals surface area contributed by atoms with E-state index in [0.29, 0.717) is 0 Å². The summed E-state index contributed by atoms with van der Waals surface area (Å²) < 4.78 is 31.6. The van der Waals surface area contributed by atoms with Crippen LogP contribution in [0.25, 0.3) is 0 Å². The van der Waals surface area contributed by atoms with Crippen LogP contribution in [-0.4, -0.2) is 15.0 Å². The van der Waals surface area contributed by atoms with Gasteiger partial charge in [0.1, 0.15) is 0 Å². The van der Waals surface area contributed by atoms with Crippen LogP contribution in [0.3, 0.4) is 0 Å². The van der Waals surface area contributed by atoms with Crippen molar-refractivity contribution in [3.8, 4) is 0 Å². The Bertz CT molecular complexity index is 619. The second kappa shape index (κ2) is 6.58. The maximum atomic E-state index is 12.1. The molecule has 0 aliphatic heterocycles. The highest BCUT2D eigenvalue weighted by Gasteiger charge is 2.13. The molecule has 0 saturated carbocycles. The van der Waals surface area contributed by atoms with E-state index in [4.69, 9.17) is 4.42 Å². The molecule has 1 heterocycles. The number of rotatable bonds is 7. The molecule has 0 spiro atoms. The van der Waals surface area contributed by atoms with Gasteiger partial charge in [0.15, 0.2) is 0 Å². The Morgan fingerprint density at radius 3 is 2.50 bits per heavy atom. The fourth-order valence-electron chi connectivity index (χ4n) is 1.68. The van der Waals surface area contributed by atoms with Crippen LogP contribution in [0, 0.1) is 0 Å². The first-order valence-electron chi connectivity index (χ1n) is 6.46. The van der Waals surface area contributed by atoms with E-state index in [1.807, 2.05) is 0 Å². The largest absolute Gasteiger partial charge is 0.472 e. The molecule has 20 heavy (non-hydrogen) atoms. The number of anilines is 1. The zero-order valence-corrected chi connectivity index (χ0v) is 12.1. The topological polar surface area (TPSA) is 71.3 Å². The number of sulfonamides is 1. The number of benzene rings is 1. The Morgan fingerprint density at radius 2 is 1.90 bits per heavy atom. The lowest BCUT2D eigenvalue weighted by molar-refractivity contribution is 0.561. The molecule has 1 aromatic carbocycles. The van der Waals surface area contributed by atoms with Crippen LogP contribution in [0.4, 0.5) is 5.69 Å². The van der Waals surface area contributed by atoms with E-state index >= 15 is 0 Å². The number of hydrogen-bond donors (Lipinski definition) is 2. The fraction of sp³-hybridized carbons (Fsp3) is 0.286. The van der Waals surface area contributed by atoms with Gasteiger partial charge in [0.2, 0.25) is 10.0 Å². The predicted molar refractivity (Wildman–Crippen MR) is 78.0 cm³/mol. The molecule has 2 rings (SSSR count). The molecular formula is C14H18N2O3S. The molecule has 0 saturated heterocycles. The van der Waals surface area contributed by atoms with Gasteiger partial charge in [-0.25, -0.2) is 13.1 Å². The van der Waals surface area contributed by atoms with Crippen molar-refractivity contribution in [3.63, 3.8) is 0 Å². The molecule has 108 valence electrons. The molecular weight excluding hydrogens is 276 g/mol. The molecule has 0 radical (unpaired) electrons. The van der Waals surface area contributed by atoms with Gasteiger partial charge in [0, 0.05) is 24.3 Å². The van der Waals surface area contributed by atoms with Gasteiger partial charge in [-0.1, -0.05) is 6.92 Å². The van der Waals surface area contributed by atoms with E-state index in [-0.39, 0.29) is 11.4 Å². The van der Waals surface area contributed by atoms with Gasteiger partial charge in [-0.3, -0.25) is 0 Å². The van der Waals surface area contributed by atoms with Crippen LogP contribution in [0.15, 0.2) is 52.2 Å². The highest BCUT2D eigenvalue weighted by Crippen LogP contribution is 2.14. The van der Waals surface area contributed by atoms with Gasteiger partial charge in [0.25, 0.3) is 0 Å². The Morgan fingerprint density at radius 1 is 1.15 bits per heavy atom. The molecule has 0 fully saturated rings. The second-order valence-electron chi connectivity index (χ2n) is 4.41. The van der Waals surface area contributed by atoms with Gasteiger partial charge in [-0.15, -0.1) is 0 Å². The minimum Gasteiger partial charge on any atom is -0.472 e. The lowest BCUT2D eigenvalue weighted by Crippen LogP contribution is -2.22. The first-order valence-corrected chi connectivity index (χ1v) is 7.95. The maximum Gasteiger partial charge on any atom is 0.240 e. The van der Waals surface area contributed by atoms with E-state index in [9.17, 15) is 8.42 Å². The Hall–Kier alpha value is -1.79. The van der Waals surface area contributed by atoms with Crippen molar-refractivity contribution in [2.75, 3.05) is 11.9 Å². The molecule has 0 bridgehead atoms. The Labute approximate surface area is 119 Å². The van der Waals surface area contributed by atoms with Crippen LogP contribution >= 0.6 is 0 Å². The van der Waals surface area contributed by atoms with Gasteiger partial charge in [-0.2, -0.15) is 0 Å². The summed E-state index contributed by atoms with van der Waals surface area (Å²) in [5.41, 5.74) is 1.70. The third kappa shape index (κ3) is 3.85. The molecule has 0 aliphatic carbocycles. The van der Waals surface area contributed by atoms with Crippen molar-refractivity contribution >= 4 is 15.7 Å². The van der Waals surface area contributed by atoms with Gasteiger partial charge >= 0.3 is 0 Å². The summed E-state index contributed by atoms with van der Waals surface area (Å²) in [4.78, 5) is 0.253. The highest BCUT2D eigenvalue weighted by molar-refractivity contribution is 7.89. The van der Waals surface area contributed by atoms with E-state index in [2.05, 4.69) is 17.0 Å². The van der Waals surface area contributed by atoms with Gasteiger partial charge in [-0.05, 0) is 36.8 Å². The Balaban J connectivity index is 2.01. The summed E-state index contributed by atoms with van der Waals surface area (Å²) in [5.74, 6) is 0. The zero-order chi connectivity index (χ0) is 14.4. The van der Waals surface area contributed by atoms with Crippen molar-refractivity contribution in [1.29, 1.82) is 0 Å². The lowest BCUT2D eigenvalue weighted by Gasteiger charge is -2.08. The molecule has 0 amide bonds. The van der Waals surface area contributed by atoms with Crippen molar-refractivity contribution in [1.82, 2.24) is 4.72 Å². The molecule has 6 heteroatoms. The van der Waals surface area contributed by atoms with Crippen molar-refractivity contribution in [3.05, 3.63) is 48.4 Å². The molecule has 2 N–H and O–H groups in total. The fourth-order valence-corrected chi connectivity index (χ4v) is 2.69. The van der Waals surface area contributed by atoms with Crippen LogP contribution < -0.4 is 10.0 Å². The first kappa shape index (κ1) is 14.6. The average molecular weight is 294 g/mol. The van der Waals surface area contributed by atoms with E-state index < -0.39 is 10.0 Å². The van der Waals surface area contributed by atoms with Crippen LogP contribution in [0.1, 0.15) is 18.9 Å². The monoisotopic (exact) mass is 294 g/mol. The summed E-state index contributed by atoms with van der Waals surface area (Å²) in [6, 6.07) is 8.44. The van der Waals surface area contributed by atoms with Gasteiger partial charge in [0.05, 0.1) is 17.4 Å². The maximum absolute atomic E-state index is 12.1. The summed E-state index contributed by atoms with van der Waals surface area (Å²) in [5, 5.41) is 3.20. The quantitative estimate of drug-likeness (QED) is 0.823. The molecule has 0 aliphatic rings. The van der Waals surface area contributed by atoms with Crippen molar-refractivity contribution < 1.29 is 12.8 Å². The summed E-state index contributed by atoms with van der Waals surface area (Å²) >= 11 is 0. The van der Waals surface area contributed by atoms with Crippen LogP contribution in [0.5, 0.6) is 0 Å². The molecule has 1 aromatic heterocycles. The minimum atomic E-state index is -3.49. The van der Waals surface area contributed by atoms with Gasteiger partial charge < -0.3 is 9.73 Å². The Kier molecular flexibility index (Phi) is 4.81. The molecule has 0 unspecified atom stereocenters. The predicted octanol–water partition coefficient (Wildman–Crippen LogP) is 2.58. The second-order valence-corrected chi connectivity index (χ2v) is 6.17. The third-order valence-corrected chi connectivity index (χ3v) is 4.21. The number of nitrogens with one attached hydrogen (secondary N) is 2. The minimum absolute atomic E-state index is 0.217. The number of hydrogen-bond acceptors (Lipinski definition) is 4. The number of furan rings is 1. The van der Waals surface area contributed by atoms with E-state index in [0.717, 1.165) is 24.2 Å². The lowest BCUT2D eigenvalue weighted by atomic mass is 10.3. The summed E-state index contributed by atoms with van der Waals surface area (Å²) in [7, 11) is -3.49. The third-order valence-electron chi connectivity index (χ3n) is 2.79. The molecule has 5 nitrogen and oxygen atoms in total. The van der Waals surface area contributed by atoms with Crippen molar-refractivity contribution in [2.45, 2.75) is 24.8 Å². The summed E-state index contributed by atoms with van der Waals surface area (Å²) in [6.07, 6.45) is 4.05. The normalized spacial score (nSPS) is 11.4. The first-order chi connectivity index (χ1) is 9.62. The van der Waals surface area contributed by atoms with Crippen LogP contribution in [0.2, 0.25) is 0 Å². The standard InChI is InChI=1S/C14H18N2O3S/c1-2-8-15-13-3-5-14(6-4-13)20(17,18)16-10-12-7-9-19-11-12/h3-7,9,11,15-16H,2,8,10H2,1H3. The van der Waals surface area contributed by atoms with Crippen molar-refractivity contribution in [2.24, 2.45) is 0 Å². The smallest absolute Gasteiger partial charge is 0.240 e. The van der Waals surface area contributed by atoms with E-state index in [1.165, 1.54) is 12.5 Å². The average Bonchev–Trinajstić information content (AvgIpc) is 2.97. The SMILES string of the molecule is CCCNc1ccc(S(=O)(=O)NCc2ccoc2)cc1. The molecule has 0 atom stereocenters. The zero-order valence-electron chi connectivity index (χ0n) is 11.3. The molecule has 2 aromatic rings. The van der Waals surface area contributed by atoms with Crippen LogP contribution in [-0.2, 0) is 16.6 Å². The summed E-state index contributed by atoms with van der Waals surface area (Å²) in [6.45, 7) is 3.16.